The number of thiophene rings is 1. The van der Waals surface area contributed by atoms with Crippen LogP contribution in [0.2, 0.25) is 0 Å². The molecule has 1 aromatic carbocycles. The van der Waals surface area contributed by atoms with E-state index >= 15 is 0 Å². The van der Waals surface area contributed by atoms with Crippen molar-refractivity contribution in [2.75, 3.05) is 29.6 Å². The van der Waals surface area contributed by atoms with E-state index in [0.717, 1.165) is 0 Å². The number of anilines is 1. The van der Waals surface area contributed by atoms with Crippen LogP contribution in [0.25, 0.3) is 0 Å². The molecule has 0 bridgehead atoms. The van der Waals surface area contributed by atoms with Gasteiger partial charge in [0, 0.05) is 43.8 Å². The quantitative estimate of drug-likeness (QED) is 0.116. The Morgan fingerprint density at radius 1 is 1.31 bits per heavy atom. The van der Waals surface area contributed by atoms with Gasteiger partial charge in [0.05, 0.1) is 4.92 Å². The summed E-state index contributed by atoms with van der Waals surface area (Å²) in [7, 11) is 1.41. The maximum Gasteiger partial charge on any atom is 0.315 e. The number of alkyl halides is 1. The first-order valence-electron chi connectivity index (χ1n) is 10.5. The highest BCUT2D eigenvalue weighted by molar-refractivity contribution is 9.09. The first-order valence-corrected chi connectivity index (χ1v) is 13.5. The molecule has 186 valence electrons. The van der Waals surface area contributed by atoms with Crippen molar-refractivity contribution in [2.45, 2.75) is 24.6 Å². The molecule has 2 aliphatic heterocycles. The summed E-state index contributed by atoms with van der Waals surface area (Å²) in [6, 6.07) is 9.32. The fourth-order valence-electron chi connectivity index (χ4n) is 4.24. The lowest BCUT2D eigenvalue weighted by atomic mass is 9.87. The van der Waals surface area contributed by atoms with E-state index in [9.17, 15) is 24.5 Å². The molecule has 13 heteroatoms. The van der Waals surface area contributed by atoms with Crippen molar-refractivity contribution < 1.29 is 28.8 Å². The smallest absolute Gasteiger partial charge is 0.315 e. The van der Waals surface area contributed by atoms with E-state index in [2.05, 4.69) is 15.9 Å². The highest BCUT2D eigenvalue weighted by Crippen LogP contribution is 2.52. The first kappa shape index (κ1) is 25.6. The van der Waals surface area contributed by atoms with Gasteiger partial charge in [0.2, 0.25) is 5.91 Å². The number of benzene rings is 1. The molecule has 2 saturated heterocycles. The predicted molar refractivity (Wildman–Crippen MR) is 134 cm³/mol. The third-order valence-electron chi connectivity index (χ3n) is 6.07. The van der Waals surface area contributed by atoms with Gasteiger partial charge >= 0.3 is 5.97 Å². The molecule has 2 fully saturated rings. The molecule has 2 amide bonds. The number of esters is 1. The summed E-state index contributed by atoms with van der Waals surface area (Å²) in [4.78, 5) is 52.4. The van der Waals surface area contributed by atoms with Gasteiger partial charge in [0.25, 0.3) is 17.3 Å². The molecule has 10 nitrogen and oxygen atoms in total. The molecular weight excluding hydrogens is 562 g/mol. The van der Waals surface area contributed by atoms with Crippen LogP contribution in [0.1, 0.15) is 12.5 Å². The molecule has 4 rings (SSSR count). The number of non-ortho nitro benzene ring substituents is 1. The fraction of sp³-hybridized carbons (Fsp3) is 0.409. The number of thioether (sulfide) groups is 1. The largest absolute Gasteiger partial charge is 0.460 e. The van der Waals surface area contributed by atoms with Gasteiger partial charge in [-0.1, -0.05) is 15.9 Å². The fourth-order valence-corrected chi connectivity index (χ4v) is 7.60. The van der Waals surface area contributed by atoms with Crippen molar-refractivity contribution in [1.29, 1.82) is 0 Å². The second kappa shape index (κ2) is 9.88. The molecule has 2 unspecified atom stereocenters. The predicted octanol–water partition coefficient (Wildman–Crippen LogP) is 3.39. The normalized spacial score (nSPS) is 25.4. The summed E-state index contributed by atoms with van der Waals surface area (Å²) in [5, 5.41) is 13.0. The van der Waals surface area contributed by atoms with Crippen LogP contribution in [-0.2, 0) is 30.5 Å². The summed E-state index contributed by atoms with van der Waals surface area (Å²) in [5.41, 5.74) is -1.92. The summed E-state index contributed by atoms with van der Waals surface area (Å²) >= 11 is 6.12. The van der Waals surface area contributed by atoms with Crippen LogP contribution in [0, 0.1) is 15.5 Å². The minimum absolute atomic E-state index is 0.0493. The zero-order valence-corrected chi connectivity index (χ0v) is 22.1. The SMILES string of the molecule is COC1(N(C(C)=O)c2cccs2)C(=O)N2CC(CBr)(C(=O)OCc3ccc([N+](=O)[O-])cc3)CS[C@@H]21. The minimum Gasteiger partial charge on any atom is -0.460 e. The number of halogens is 1. The van der Waals surface area contributed by atoms with Gasteiger partial charge in [-0.2, -0.15) is 0 Å². The first-order chi connectivity index (χ1) is 16.7. The number of methoxy groups -OCH3 is 1. The molecule has 2 aromatic rings. The maximum atomic E-state index is 13.5. The Bertz CT molecular complexity index is 1150. The zero-order valence-electron chi connectivity index (χ0n) is 18.8. The van der Waals surface area contributed by atoms with Crippen molar-refractivity contribution in [3.63, 3.8) is 0 Å². The monoisotopic (exact) mass is 583 g/mol. The van der Waals surface area contributed by atoms with Crippen LogP contribution < -0.4 is 4.90 Å². The van der Waals surface area contributed by atoms with Gasteiger partial charge in [0.1, 0.15) is 22.4 Å². The Morgan fingerprint density at radius 3 is 2.57 bits per heavy atom. The number of hydrogen-bond donors (Lipinski definition) is 0. The lowest BCUT2D eigenvalue weighted by Gasteiger charge is -2.61. The number of rotatable bonds is 8. The van der Waals surface area contributed by atoms with E-state index in [1.54, 1.807) is 17.0 Å². The second-order valence-electron chi connectivity index (χ2n) is 8.22. The summed E-state index contributed by atoms with van der Waals surface area (Å²) in [6.07, 6.45) is 0. The van der Waals surface area contributed by atoms with Crippen LogP contribution in [0.5, 0.6) is 0 Å². The van der Waals surface area contributed by atoms with Gasteiger partial charge in [-0.05, 0) is 35.2 Å². The molecule has 3 heterocycles. The Hall–Kier alpha value is -2.48. The Balaban J connectivity index is 1.49. The molecule has 3 atom stereocenters. The molecule has 2 aliphatic rings. The molecule has 0 N–H and O–H groups in total. The van der Waals surface area contributed by atoms with Crippen molar-refractivity contribution in [3.05, 3.63) is 57.5 Å². The number of nitrogens with zero attached hydrogens (tertiary/aromatic N) is 3. The molecule has 0 spiro atoms. The van der Waals surface area contributed by atoms with E-state index in [-0.39, 0.29) is 30.1 Å². The number of amides is 2. The van der Waals surface area contributed by atoms with E-state index in [4.69, 9.17) is 9.47 Å². The summed E-state index contributed by atoms with van der Waals surface area (Å²) in [6.45, 7) is 1.45. The van der Waals surface area contributed by atoms with E-state index in [1.165, 1.54) is 66.3 Å². The number of β-lactam (4-membered cyclic amide) rings is 1. The number of nitro groups is 1. The van der Waals surface area contributed by atoms with Crippen LogP contribution in [0.15, 0.2) is 41.8 Å². The van der Waals surface area contributed by atoms with Gasteiger partial charge < -0.3 is 14.4 Å². The molecule has 0 aliphatic carbocycles. The van der Waals surface area contributed by atoms with Crippen molar-refractivity contribution in [3.8, 4) is 0 Å². The van der Waals surface area contributed by atoms with Crippen LogP contribution in [0.4, 0.5) is 10.7 Å². The van der Waals surface area contributed by atoms with E-state index < -0.39 is 33.3 Å². The number of nitro benzene ring substituents is 1. The minimum atomic E-state index is -1.48. The zero-order chi connectivity index (χ0) is 25.4. The highest BCUT2D eigenvalue weighted by Gasteiger charge is 2.70. The molecule has 1 aromatic heterocycles. The molecular formula is C22H22BrN3O7S2. The highest BCUT2D eigenvalue weighted by atomic mass is 79.9. The van der Waals surface area contributed by atoms with Crippen LogP contribution in [0.3, 0.4) is 0 Å². The average Bonchev–Trinajstić information content (AvgIpc) is 3.39. The van der Waals surface area contributed by atoms with Gasteiger partial charge in [-0.25, -0.2) is 0 Å². The topological polar surface area (TPSA) is 119 Å². The third kappa shape index (κ3) is 4.24. The number of ether oxygens (including phenoxy) is 2. The van der Waals surface area contributed by atoms with Gasteiger partial charge in [-0.3, -0.25) is 29.4 Å². The Kier molecular flexibility index (Phi) is 7.23. The van der Waals surface area contributed by atoms with Crippen LogP contribution >= 0.6 is 39.0 Å². The van der Waals surface area contributed by atoms with Crippen LogP contribution in [-0.4, -0.2) is 63.4 Å². The molecule has 0 saturated carbocycles. The van der Waals surface area contributed by atoms with E-state index in [1.807, 2.05) is 5.38 Å². The van der Waals surface area contributed by atoms with Gasteiger partial charge in [-0.15, -0.1) is 23.1 Å². The average molecular weight is 584 g/mol. The number of carbonyl (C=O) groups excluding carboxylic acids is 3. The summed E-state index contributed by atoms with van der Waals surface area (Å²) < 4.78 is 11.3. The van der Waals surface area contributed by atoms with Gasteiger partial charge in [0.15, 0.2) is 0 Å². The molecule has 0 radical (unpaired) electrons. The Labute approximate surface area is 217 Å². The second-order valence-corrected chi connectivity index (χ2v) is 10.8. The molecule has 35 heavy (non-hydrogen) atoms. The summed E-state index contributed by atoms with van der Waals surface area (Å²) in [5.74, 6) is -0.854. The van der Waals surface area contributed by atoms with E-state index in [0.29, 0.717) is 16.3 Å². The van der Waals surface area contributed by atoms with Crippen molar-refractivity contribution >= 4 is 67.5 Å². The standard InChI is InChI=1S/C22H22BrN3O7S2/c1-14(27)25(17-4-3-9-34-17)22(32-2)18(28)24-12-21(11-23,13-35-19(22)24)20(29)33-10-15-5-7-16(8-6-15)26(30)31/h3-9,19H,10-13H2,1-2H3/t19-,21?,22?/m1/s1. The Morgan fingerprint density at radius 2 is 2.03 bits per heavy atom. The van der Waals surface area contributed by atoms with Crippen molar-refractivity contribution in [1.82, 2.24) is 4.90 Å². The third-order valence-corrected chi connectivity index (χ3v) is 9.60. The number of hydrogen-bond acceptors (Lipinski definition) is 9. The lowest BCUT2D eigenvalue weighted by Crippen LogP contribution is -2.83. The lowest BCUT2D eigenvalue weighted by molar-refractivity contribution is -0.384. The number of fused-ring (bicyclic) bond motifs is 1. The maximum absolute atomic E-state index is 13.5. The number of carbonyl (C=O) groups is 3. The van der Waals surface area contributed by atoms with Crippen molar-refractivity contribution in [2.24, 2.45) is 5.41 Å².